The summed E-state index contributed by atoms with van der Waals surface area (Å²) in [5.41, 5.74) is 1.68. The lowest BCUT2D eigenvalue weighted by Gasteiger charge is -2.31. The van der Waals surface area contributed by atoms with Crippen LogP contribution in [0.2, 0.25) is 0 Å². The zero-order valence-corrected chi connectivity index (χ0v) is 13.7. The Balaban J connectivity index is 1.99. The molecule has 0 saturated carbocycles. The summed E-state index contributed by atoms with van der Waals surface area (Å²) in [4.78, 5) is 29.7. The van der Waals surface area contributed by atoms with Gasteiger partial charge in [-0.3, -0.25) is 0 Å². The van der Waals surface area contributed by atoms with Crippen molar-refractivity contribution in [3.05, 3.63) is 48.2 Å². The largest absolute Gasteiger partial charge is 0.466 e. The molecule has 0 amide bonds. The molecule has 1 aromatic carbocycles. The van der Waals surface area contributed by atoms with Gasteiger partial charge in [-0.25, -0.2) is 19.3 Å². The van der Waals surface area contributed by atoms with Crippen molar-refractivity contribution in [2.24, 2.45) is 0 Å². The Hall–Kier alpha value is -3.20. The third kappa shape index (κ3) is 3.22. The summed E-state index contributed by atoms with van der Waals surface area (Å²) >= 11 is 0. The number of rotatable bonds is 4. The molecule has 1 aliphatic heterocycles. The Labute approximate surface area is 143 Å². The average Bonchev–Trinajstić information content (AvgIpc) is 3.21. The Morgan fingerprint density at radius 1 is 1.08 bits per heavy atom. The smallest absolute Gasteiger partial charge is 0.355 e. The maximum Gasteiger partial charge on any atom is 0.355 e. The molecule has 9 heteroatoms. The molecule has 3 rings (SSSR count). The van der Waals surface area contributed by atoms with Gasteiger partial charge in [-0.15, -0.1) is 0 Å². The molecule has 0 spiro atoms. The monoisotopic (exact) mass is 344 g/mol. The van der Waals surface area contributed by atoms with Crippen molar-refractivity contribution in [1.29, 1.82) is 0 Å². The van der Waals surface area contributed by atoms with Crippen molar-refractivity contribution in [3.8, 4) is 5.69 Å². The molecule has 0 bridgehead atoms. The van der Waals surface area contributed by atoms with E-state index in [2.05, 4.69) is 10.1 Å². The van der Waals surface area contributed by atoms with Gasteiger partial charge in [-0.1, -0.05) is 0 Å². The van der Waals surface area contributed by atoms with Crippen molar-refractivity contribution in [3.63, 3.8) is 0 Å². The Bertz CT molecular complexity index is 798. The molecule has 0 atom stereocenters. The van der Waals surface area contributed by atoms with Gasteiger partial charge in [0.15, 0.2) is 0 Å². The summed E-state index contributed by atoms with van der Waals surface area (Å²) in [6.45, 7) is 0.0816. The van der Waals surface area contributed by atoms with Crippen LogP contribution in [0, 0.1) is 0 Å². The van der Waals surface area contributed by atoms with E-state index in [0.717, 1.165) is 5.69 Å². The normalized spacial score (nSPS) is 14.4. The van der Waals surface area contributed by atoms with Crippen LogP contribution in [0.1, 0.15) is 0 Å². The van der Waals surface area contributed by atoms with E-state index in [0.29, 0.717) is 5.69 Å². The van der Waals surface area contributed by atoms with E-state index < -0.39 is 11.9 Å². The lowest BCUT2D eigenvalue weighted by atomic mass is 10.1. The Morgan fingerprint density at radius 3 is 2.36 bits per heavy atom. The molecule has 0 aliphatic carbocycles. The standard InChI is InChI=1S/C16H16N4O5/c1-23-15(21)13-7-25-10-19(14(13)16(22)24-2)11-3-5-12(6-4-11)20-9-17-8-18-20/h3-6,8-9H,7,10H2,1-2H3. The van der Waals surface area contributed by atoms with Crippen LogP contribution in [-0.4, -0.2) is 54.3 Å². The van der Waals surface area contributed by atoms with Crippen molar-refractivity contribution in [1.82, 2.24) is 14.8 Å². The minimum atomic E-state index is -0.635. The number of nitrogens with zero attached hydrogens (tertiary/aromatic N) is 4. The molecule has 0 unspecified atom stereocenters. The van der Waals surface area contributed by atoms with Crippen molar-refractivity contribution in [2.75, 3.05) is 32.5 Å². The number of ether oxygens (including phenoxy) is 3. The van der Waals surface area contributed by atoms with Gasteiger partial charge < -0.3 is 19.1 Å². The summed E-state index contributed by atoms with van der Waals surface area (Å²) < 4.78 is 16.6. The molecule has 1 aromatic heterocycles. The first kappa shape index (κ1) is 16.7. The minimum absolute atomic E-state index is 0.0232. The van der Waals surface area contributed by atoms with Crippen LogP contribution in [0.5, 0.6) is 0 Å². The number of carbonyl (C=O) groups is 2. The van der Waals surface area contributed by atoms with Crippen LogP contribution in [0.3, 0.4) is 0 Å². The second-order valence-corrected chi connectivity index (χ2v) is 5.07. The first-order chi connectivity index (χ1) is 12.2. The summed E-state index contributed by atoms with van der Waals surface area (Å²) in [5, 5.41) is 4.05. The Kier molecular flexibility index (Phi) is 4.75. The van der Waals surface area contributed by atoms with E-state index in [9.17, 15) is 9.59 Å². The molecule has 0 saturated heterocycles. The number of esters is 2. The lowest BCUT2D eigenvalue weighted by Crippen LogP contribution is -2.38. The topological polar surface area (TPSA) is 95.8 Å². The van der Waals surface area contributed by atoms with E-state index in [4.69, 9.17) is 14.2 Å². The van der Waals surface area contributed by atoms with Gasteiger partial charge in [-0.05, 0) is 24.3 Å². The van der Waals surface area contributed by atoms with Crippen LogP contribution in [0.15, 0.2) is 48.2 Å². The summed E-state index contributed by atoms with van der Waals surface area (Å²) in [5.74, 6) is -1.27. The third-order valence-electron chi connectivity index (χ3n) is 3.68. The highest BCUT2D eigenvalue weighted by atomic mass is 16.5. The molecular weight excluding hydrogens is 328 g/mol. The molecule has 0 radical (unpaired) electrons. The van der Waals surface area contributed by atoms with Crippen LogP contribution >= 0.6 is 0 Å². The van der Waals surface area contributed by atoms with Gasteiger partial charge in [0.2, 0.25) is 0 Å². The Morgan fingerprint density at radius 2 is 1.76 bits per heavy atom. The number of aromatic nitrogens is 3. The number of carbonyl (C=O) groups excluding carboxylic acids is 2. The van der Waals surface area contributed by atoms with Crippen molar-refractivity contribution < 1.29 is 23.8 Å². The van der Waals surface area contributed by atoms with Gasteiger partial charge in [0.25, 0.3) is 0 Å². The fourth-order valence-corrected chi connectivity index (χ4v) is 2.47. The SMILES string of the molecule is COC(=O)C1=C(C(=O)OC)N(c2ccc(-n3cncn3)cc2)COC1. The molecule has 9 nitrogen and oxygen atoms in total. The highest BCUT2D eigenvalue weighted by Gasteiger charge is 2.32. The molecule has 0 N–H and O–H groups in total. The predicted molar refractivity (Wildman–Crippen MR) is 85.7 cm³/mol. The molecule has 2 aromatic rings. The summed E-state index contributed by atoms with van der Waals surface area (Å²) in [6.07, 6.45) is 3.02. The lowest BCUT2D eigenvalue weighted by molar-refractivity contribution is -0.140. The van der Waals surface area contributed by atoms with Crippen molar-refractivity contribution in [2.45, 2.75) is 0 Å². The summed E-state index contributed by atoms with van der Waals surface area (Å²) in [6, 6.07) is 7.18. The van der Waals surface area contributed by atoms with E-state index in [-0.39, 0.29) is 24.6 Å². The maximum absolute atomic E-state index is 12.2. The predicted octanol–water partition coefficient (Wildman–Crippen LogP) is 0.661. The van der Waals surface area contributed by atoms with Crippen LogP contribution in [-0.2, 0) is 23.8 Å². The van der Waals surface area contributed by atoms with Crippen molar-refractivity contribution >= 4 is 17.6 Å². The second kappa shape index (κ2) is 7.14. The van der Waals surface area contributed by atoms with Crippen LogP contribution in [0.25, 0.3) is 5.69 Å². The van der Waals surface area contributed by atoms with Gasteiger partial charge in [0.1, 0.15) is 25.1 Å². The molecule has 130 valence electrons. The fraction of sp³-hybridized carbons (Fsp3) is 0.250. The maximum atomic E-state index is 12.2. The molecule has 2 heterocycles. The van der Waals surface area contributed by atoms with Gasteiger partial charge >= 0.3 is 11.9 Å². The fourth-order valence-electron chi connectivity index (χ4n) is 2.47. The number of benzene rings is 1. The minimum Gasteiger partial charge on any atom is -0.466 e. The first-order valence-corrected chi connectivity index (χ1v) is 7.36. The molecule has 25 heavy (non-hydrogen) atoms. The number of methoxy groups -OCH3 is 2. The van der Waals surface area contributed by atoms with Gasteiger partial charge in [0, 0.05) is 5.69 Å². The van der Waals surface area contributed by atoms with Crippen LogP contribution < -0.4 is 4.90 Å². The number of hydrogen-bond acceptors (Lipinski definition) is 8. The highest BCUT2D eigenvalue weighted by Crippen LogP contribution is 2.27. The van der Waals surface area contributed by atoms with E-state index in [1.165, 1.54) is 20.5 Å². The second-order valence-electron chi connectivity index (χ2n) is 5.07. The zero-order chi connectivity index (χ0) is 17.8. The van der Waals surface area contributed by atoms with Gasteiger partial charge in [0.05, 0.1) is 32.1 Å². The molecule has 0 fully saturated rings. The first-order valence-electron chi connectivity index (χ1n) is 7.36. The van der Waals surface area contributed by atoms with E-state index in [1.54, 1.807) is 28.0 Å². The van der Waals surface area contributed by atoms with Gasteiger partial charge in [-0.2, -0.15) is 5.10 Å². The van der Waals surface area contributed by atoms with Crippen LogP contribution in [0.4, 0.5) is 5.69 Å². The third-order valence-corrected chi connectivity index (χ3v) is 3.68. The van der Waals surface area contributed by atoms with E-state index >= 15 is 0 Å². The molecular formula is C16H16N4O5. The zero-order valence-electron chi connectivity index (χ0n) is 13.7. The highest BCUT2D eigenvalue weighted by molar-refractivity contribution is 6.03. The summed E-state index contributed by atoms with van der Waals surface area (Å²) in [7, 11) is 2.50. The quantitative estimate of drug-likeness (QED) is 0.747. The number of hydrogen-bond donors (Lipinski definition) is 0. The number of anilines is 1. The molecule has 1 aliphatic rings. The average molecular weight is 344 g/mol. The van der Waals surface area contributed by atoms with E-state index in [1.807, 2.05) is 12.1 Å².